The van der Waals surface area contributed by atoms with E-state index in [4.69, 9.17) is 4.42 Å². The van der Waals surface area contributed by atoms with Gasteiger partial charge in [-0.25, -0.2) is 4.98 Å². The summed E-state index contributed by atoms with van der Waals surface area (Å²) in [7, 11) is 0. The molecule has 0 bridgehead atoms. The standard InChI is InChI=1S/C13H15N3OS/c1-9-8-18-13-15-10(2)12(16(9)13)6-14-5-11-3-4-17-7-11/h3-4,7-8,14H,5-6H2,1-2H3. The summed E-state index contributed by atoms with van der Waals surface area (Å²) in [5, 5.41) is 5.56. The fourth-order valence-corrected chi connectivity index (χ4v) is 3.02. The van der Waals surface area contributed by atoms with Crippen LogP contribution in [0.4, 0.5) is 0 Å². The maximum Gasteiger partial charge on any atom is 0.194 e. The predicted octanol–water partition coefficient (Wildman–Crippen LogP) is 2.90. The van der Waals surface area contributed by atoms with E-state index in [1.165, 1.54) is 11.4 Å². The van der Waals surface area contributed by atoms with Gasteiger partial charge >= 0.3 is 0 Å². The molecule has 0 saturated carbocycles. The van der Waals surface area contributed by atoms with E-state index in [-0.39, 0.29) is 0 Å². The van der Waals surface area contributed by atoms with E-state index in [2.05, 4.69) is 33.9 Å². The molecular formula is C13H15N3OS. The Kier molecular flexibility index (Phi) is 2.93. The van der Waals surface area contributed by atoms with E-state index in [0.29, 0.717) is 0 Å². The molecule has 0 aliphatic carbocycles. The van der Waals surface area contributed by atoms with Crippen LogP contribution in [0, 0.1) is 13.8 Å². The summed E-state index contributed by atoms with van der Waals surface area (Å²) < 4.78 is 7.27. The molecule has 0 radical (unpaired) electrons. The van der Waals surface area contributed by atoms with Crippen LogP contribution in [0.2, 0.25) is 0 Å². The maximum atomic E-state index is 5.05. The quantitative estimate of drug-likeness (QED) is 0.785. The van der Waals surface area contributed by atoms with Gasteiger partial charge in [0, 0.05) is 29.7 Å². The SMILES string of the molecule is Cc1nc2scc(C)n2c1CNCc1ccoc1. The molecule has 3 rings (SSSR count). The first-order valence-corrected chi connectivity index (χ1v) is 6.77. The highest BCUT2D eigenvalue weighted by atomic mass is 32.1. The largest absolute Gasteiger partial charge is 0.472 e. The molecule has 1 N–H and O–H groups in total. The normalized spacial score (nSPS) is 11.4. The lowest BCUT2D eigenvalue weighted by Gasteiger charge is -2.04. The fraction of sp³-hybridized carbons (Fsp3) is 0.308. The third kappa shape index (κ3) is 1.95. The minimum Gasteiger partial charge on any atom is -0.472 e. The summed E-state index contributed by atoms with van der Waals surface area (Å²) in [6.07, 6.45) is 3.46. The first kappa shape index (κ1) is 11.5. The minimum atomic E-state index is 0.812. The van der Waals surface area contributed by atoms with Crippen molar-refractivity contribution >= 4 is 16.3 Å². The number of aryl methyl sites for hydroxylation is 2. The molecule has 0 fully saturated rings. The molecule has 5 heteroatoms. The lowest BCUT2D eigenvalue weighted by atomic mass is 10.3. The number of fused-ring (bicyclic) bond motifs is 1. The van der Waals surface area contributed by atoms with Gasteiger partial charge in [-0.15, -0.1) is 11.3 Å². The molecule has 0 unspecified atom stereocenters. The zero-order valence-corrected chi connectivity index (χ0v) is 11.3. The Bertz CT molecular complexity index is 651. The molecule has 0 aliphatic rings. The first-order chi connectivity index (χ1) is 8.75. The van der Waals surface area contributed by atoms with Crippen LogP contribution in [0.1, 0.15) is 22.6 Å². The van der Waals surface area contributed by atoms with Crippen LogP contribution < -0.4 is 5.32 Å². The highest BCUT2D eigenvalue weighted by Gasteiger charge is 2.11. The summed E-state index contributed by atoms with van der Waals surface area (Å²) in [4.78, 5) is 5.65. The second-order valence-electron chi connectivity index (χ2n) is 4.37. The Hall–Kier alpha value is -1.59. The van der Waals surface area contributed by atoms with Gasteiger partial charge in [-0.1, -0.05) is 0 Å². The van der Waals surface area contributed by atoms with Gasteiger partial charge in [0.2, 0.25) is 0 Å². The van der Waals surface area contributed by atoms with Gasteiger partial charge in [0.05, 0.1) is 23.9 Å². The zero-order chi connectivity index (χ0) is 12.5. The molecule has 3 heterocycles. The smallest absolute Gasteiger partial charge is 0.194 e. The molecular weight excluding hydrogens is 246 g/mol. The average molecular weight is 261 g/mol. The van der Waals surface area contributed by atoms with Gasteiger partial charge in [0.15, 0.2) is 4.96 Å². The molecule has 0 atom stereocenters. The summed E-state index contributed by atoms with van der Waals surface area (Å²) in [6, 6.07) is 1.97. The van der Waals surface area contributed by atoms with E-state index >= 15 is 0 Å². The zero-order valence-electron chi connectivity index (χ0n) is 10.4. The van der Waals surface area contributed by atoms with Crippen molar-refractivity contribution < 1.29 is 4.42 Å². The van der Waals surface area contributed by atoms with E-state index in [9.17, 15) is 0 Å². The van der Waals surface area contributed by atoms with E-state index in [1.54, 1.807) is 23.9 Å². The van der Waals surface area contributed by atoms with E-state index in [1.807, 2.05) is 6.07 Å². The highest BCUT2D eigenvalue weighted by molar-refractivity contribution is 7.15. The molecule has 3 aromatic rings. The molecule has 0 amide bonds. The van der Waals surface area contributed by atoms with E-state index in [0.717, 1.165) is 29.3 Å². The van der Waals surface area contributed by atoms with Crippen LogP contribution in [0.15, 0.2) is 28.4 Å². The highest BCUT2D eigenvalue weighted by Crippen LogP contribution is 2.20. The number of aromatic nitrogens is 2. The molecule has 0 aliphatic heterocycles. The van der Waals surface area contributed by atoms with Crippen LogP contribution in [-0.4, -0.2) is 9.38 Å². The molecule has 0 aromatic carbocycles. The lowest BCUT2D eigenvalue weighted by Crippen LogP contribution is -2.14. The third-order valence-corrected chi connectivity index (χ3v) is 3.98. The second kappa shape index (κ2) is 4.59. The van der Waals surface area contributed by atoms with Crippen LogP contribution in [0.25, 0.3) is 4.96 Å². The lowest BCUT2D eigenvalue weighted by molar-refractivity contribution is 0.559. The summed E-state index contributed by atoms with van der Waals surface area (Å²) in [6.45, 7) is 5.81. The van der Waals surface area contributed by atoms with Gasteiger partial charge < -0.3 is 9.73 Å². The van der Waals surface area contributed by atoms with Crippen molar-refractivity contribution in [2.24, 2.45) is 0 Å². The van der Waals surface area contributed by atoms with Crippen LogP contribution in [0.5, 0.6) is 0 Å². The summed E-state index contributed by atoms with van der Waals surface area (Å²) in [5.41, 5.74) is 4.75. The number of imidazole rings is 1. The Labute approximate surface area is 109 Å². The monoisotopic (exact) mass is 261 g/mol. The molecule has 4 nitrogen and oxygen atoms in total. The number of nitrogens with zero attached hydrogens (tertiary/aromatic N) is 2. The molecule has 3 aromatic heterocycles. The maximum absolute atomic E-state index is 5.05. The van der Waals surface area contributed by atoms with Crippen LogP contribution in [-0.2, 0) is 13.1 Å². The molecule has 0 saturated heterocycles. The fourth-order valence-electron chi connectivity index (χ4n) is 2.09. The summed E-state index contributed by atoms with van der Waals surface area (Å²) >= 11 is 1.69. The van der Waals surface area contributed by atoms with Crippen molar-refractivity contribution in [1.82, 2.24) is 14.7 Å². The van der Waals surface area contributed by atoms with Crippen molar-refractivity contribution in [1.29, 1.82) is 0 Å². The topological polar surface area (TPSA) is 42.5 Å². The first-order valence-electron chi connectivity index (χ1n) is 5.89. The number of hydrogen-bond acceptors (Lipinski definition) is 4. The van der Waals surface area contributed by atoms with Crippen LogP contribution in [0.3, 0.4) is 0 Å². The number of hydrogen-bond donors (Lipinski definition) is 1. The Morgan fingerprint density at radius 2 is 2.28 bits per heavy atom. The van der Waals surface area contributed by atoms with Gasteiger partial charge in [0.1, 0.15) is 0 Å². The van der Waals surface area contributed by atoms with Crippen molar-refractivity contribution in [3.63, 3.8) is 0 Å². The van der Waals surface area contributed by atoms with Crippen molar-refractivity contribution in [2.75, 3.05) is 0 Å². The molecule has 94 valence electrons. The van der Waals surface area contributed by atoms with Crippen LogP contribution >= 0.6 is 11.3 Å². The van der Waals surface area contributed by atoms with Gasteiger partial charge in [-0.3, -0.25) is 4.40 Å². The van der Waals surface area contributed by atoms with Gasteiger partial charge in [-0.05, 0) is 19.9 Å². The third-order valence-electron chi connectivity index (χ3n) is 3.03. The van der Waals surface area contributed by atoms with E-state index < -0.39 is 0 Å². The second-order valence-corrected chi connectivity index (χ2v) is 5.21. The van der Waals surface area contributed by atoms with Crippen molar-refractivity contribution in [3.8, 4) is 0 Å². The molecule has 0 spiro atoms. The number of furan rings is 1. The Morgan fingerprint density at radius 1 is 1.39 bits per heavy atom. The Balaban J connectivity index is 1.77. The average Bonchev–Trinajstić information content (AvgIpc) is 3.02. The Morgan fingerprint density at radius 3 is 3.06 bits per heavy atom. The minimum absolute atomic E-state index is 0.812. The summed E-state index contributed by atoms with van der Waals surface area (Å²) in [5.74, 6) is 0. The predicted molar refractivity (Wildman–Crippen MR) is 71.8 cm³/mol. The number of nitrogens with one attached hydrogen (secondary N) is 1. The molecule has 18 heavy (non-hydrogen) atoms. The van der Waals surface area contributed by atoms with Crippen molar-refractivity contribution in [3.05, 3.63) is 46.6 Å². The van der Waals surface area contributed by atoms with Crippen molar-refractivity contribution in [2.45, 2.75) is 26.9 Å². The van der Waals surface area contributed by atoms with Gasteiger partial charge in [0.25, 0.3) is 0 Å². The number of rotatable bonds is 4. The van der Waals surface area contributed by atoms with Gasteiger partial charge in [-0.2, -0.15) is 0 Å². The number of thiazole rings is 1.